The Morgan fingerprint density at radius 1 is 1.35 bits per heavy atom. The molecule has 114 valence electrons. The second-order valence-corrected chi connectivity index (χ2v) is 7.50. The Bertz CT molecular complexity index is 394. The summed E-state index contributed by atoms with van der Waals surface area (Å²) in [6, 6.07) is -0.0343. The molecule has 3 N–H and O–H groups in total. The third kappa shape index (κ3) is 2.96. The van der Waals surface area contributed by atoms with Crippen molar-refractivity contribution in [2.24, 2.45) is 17.3 Å². The molecule has 1 saturated heterocycles. The first-order chi connectivity index (χ1) is 9.34. The standard InChI is InChI=1S/C14H24N2O3S/c1-8-10(16-12(17)11-6-20-7-15-11)5-4-9(13(18)19)14(8,2)3/h8-11,15H,4-7H2,1-3H3,(H,16,17)(H,18,19). The van der Waals surface area contributed by atoms with Crippen molar-refractivity contribution in [3.63, 3.8) is 0 Å². The number of carboxylic acid groups (broad SMARTS) is 1. The molecule has 2 fully saturated rings. The molecule has 0 aromatic heterocycles. The lowest BCUT2D eigenvalue weighted by Gasteiger charge is -2.46. The van der Waals surface area contributed by atoms with Crippen molar-refractivity contribution in [1.29, 1.82) is 0 Å². The van der Waals surface area contributed by atoms with E-state index in [4.69, 9.17) is 0 Å². The summed E-state index contributed by atoms with van der Waals surface area (Å²) in [6.45, 7) is 6.05. The van der Waals surface area contributed by atoms with Gasteiger partial charge < -0.3 is 10.4 Å². The first kappa shape index (κ1) is 15.6. The lowest BCUT2D eigenvalue weighted by atomic mass is 9.61. The van der Waals surface area contributed by atoms with Gasteiger partial charge in [0.25, 0.3) is 0 Å². The Morgan fingerprint density at radius 2 is 2.05 bits per heavy atom. The number of thioether (sulfide) groups is 1. The fraction of sp³-hybridized carbons (Fsp3) is 0.857. The van der Waals surface area contributed by atoms with E-state index in [9.17, 15) is 14.7 Å². The highest BCUT2D eigenvalue weighted by molar-refractivity contribution is 7.99. The summed E-state index contributed by atoms with van der Waals surface area (Å²) in [4.78, 5) is 23.5. The molecule has 0 bridgehead atoms. The van der Waals surface area contributed by atoms with Gasteiger partial charge >= 0.3 is 5.97 Å². The molecule has 1 saturated carbocycles. The maximum Gasteiger partial charge on any atom is 0.307 e. The fourth-order valence-electron chi connectivity index (χ4n) is 3.29. The maximum atomic E-state index is 12.2. The first-order valence-corrected chi connectivity index (χ1v) is 8.33. The Balaban J connectivity index is 2.00. The quantitative estimate of drug-likeness (QED) is 0.732. The molecule has 20 heavy (non-hydrogen) atoms. The van der Waals surface area contributed by atoms with E-state index in [1.807, 2.05) is 13.8 Å². The highest BCUT2D eigenvalue weighted by Crippen LogP contribution is 2.45. The van der Waals surface area contributed by atoms with Crippen LogP contribution in [0, 0.1) is 17.3 Å². The van der Waals surface area contributed by atoms with Crippen molar-refractivity contribution < 1.29 is 14.7 Å². The lowest BCUT2D eigenvalue weighted by molar-refractivity contribution is -0.150. The molecule has 4 atom stereocenters. The number of hydrogen-bond donors (Lipinski definition) is 3. The van der Waals surface area contributed by atoms with Crippen molar-refractivity contribution in [3.8, 4) is 0 Å². The molecule has 4 unspecified atom stereocenters. The predicted molar refractivity (Wildman–Crippen MR) is 79.5 cm³/mol. The molecule has 0 radical (unpaired) electrons. The molecule has 1 heterocycles. The van der Waals surface area contributed by atoms with Crippen molar-refractivity contribution in [2.75, 3.05) is 11.6 Å². The minimum absolute atomic E-state index is 0.0522. The summed E-state index contributed by atoms with van der Waals surface area (Å²) in [5.41, 5.74) is -0.306. The van der Waals surface area contributed by atoms with E-state index in [1.165, 1.54) is 0 Å². The molecule has 0 aromatic carbocycles. The molecule has 0 spiro atoms. The Kier molecular flexibility index (Phi) is 4.64. The van der Waals surface area contributed by atoms with Crippen LogP contribution in [0.5, 0.6) is 0 Å². The summed E-state index contributed by atoms with van der Waals surface area (Å²) in [5.74, 6) is 0.789. The van der Waals surface area contributed by atoms with Gasteiger partial charge in [-0.2, -0.15) is 0 Å². The van der Waals surface area contributed by atoms with Gasteiger partial charge in [0.15, 0.2) is 0 Å². The number of rotatable bonds is 3. The third-order valence-corrected chi connectivity index (χ3v) is 6.04. The molecule has 0 aromatic rings. The molecular weight excluding hydrogens is 276 g/mol. The van der Waals surface area contributed by atoms with Gasteiger partial charge in [0.05, 0.1) is 12.0 Å². The molecule has 5 nitrogen and oxygen atoms in total. The van der Waals surface area contributed by atoms with E-state index in [2.05, 4.69) is 17.6 Å². The zero-order valence-electron chi connectivity index (χ0n) is 12.3. The molecule has 1 aliphatic carbocycles. The van der Waals surface area contributed by atoms with Gasteiger partial charge in [-0.1, -0.05) is 20.8 Å². The Morgan fingerprint density at radius 3 is 2.60 bits per heavy atom. The van der Waals surface area contributed by atoms with Gasteiger partial charge in [-0.15, -0.1) is 11.8 Å². The molecule has 2 aliphatic rings. The van der Waals surface area contributed by atoms with Gasteiger partial charge in [-0.05, 0) is 24.2 Å². The van der Waals surface area contributed by atoms with Crippen molar-refractivity contribution in [1.82, 2.24) is 10.6 Å². The van der Waals surface area contributed by atoms with Crippen molar-refractivity contribution in [2.45, 2.75) is 45.7 Å². The number of hydrogen-bond acceptors (Lipinski definition) is 4. The zero-order chi connectivity index (χ0) is 14.9. The largest absolute Gasteiger partial charge is 0.481 e. The van der Waals surface area contributed by atoms with Gasteiger partial charge in [-0.3, -0.25) is 14.9 Å². The Hall–Kier alpha value is -0.750. The average molecular weight is 300 g/mol. The van der Waals surface area contributed by atoms with Crippen molar-refractivity contribution in [3.05, 3.63) is 0 Å². The number of carbonyl (C=O) groups excluding carboxylic acids is 1. The highest BCUT2D eigenvalue weighted by atomic mass is 32.2. The van der Waals surface area contributed by atoms with E-state index in [0.29, 0.717) is 6.42 Å². The average Bonchev–Trinajstić information content (AvgIpc) is 2.88. The minimum atomic E-state index is -0.722. The Labute approximate surface area is 124 Å². The van der Waals surface area contributed by atoms with Crippen LogP contribution in [-0.2, 0) is 9.59 Å². The molecule has 1 amide bonds. The number of amides is 1. The predicted octanol–water partition coefficient (Wildman–Crippen LogP) is 1.29. The van der Waals surface area contributed by atoms with Crippen LogP contribution in [-0.4, -0.2) is 40.7 Å². The van der Waals surface area contributed by atoms with E-state index >= 15 is 0 Å². The summed E-state index contributed by atoms with van der Waals surface area (Å²) in [7, 11) is 0. The van der Waals surface area contributed by atoms with Crippen LogP contribution < -0.4 is 10.6 Å². The van der Waals surface area contributed by atoms with Gasteiger partial charge in [-0.25, -0.2) is 0 Å². The normalized spacial score (nSPS) is 36.5. The summed E-state index contributed by atoms with van der Waals surface area (Å²) in [6.07, 6.45) is 1.37. The van der Waals surface area contributed by atoms with Gasteiger partial charge in [0.2, 0.25) is 5.91 Å². The number of carbonyl (C=O) groups is 2. The SMILES string of the molecule is CC1C(NC(=O)C2CSCN2)CCC(C(=O)O)C1(C)C. The summed E-state index contributed by atoms with van der Waals surface area (Å²) >= 11 is 1.73. The van der Waals surface area contributed by atoms with Gasteiger partial charge in [0.1, 0.15) is 0 Å². The second-order valence-electron chi connectivity index (χ2n) is 6.47. The highest BCUT2D eigenvalue weighted by Gasteiger charge is 2.46. The molecule has 6 heteroatoms. The number of nitrogens with one attached hydrogen (secondary N) is 2. The maximum absolute atomic E-state index is 12.2. The van der Waals surface area contributed by atoms with Gasteiger partial charge in [0, 0.05) is 17.7 Å². The smallest absolute Gasteiger partial charge is 0.307 e. The zero-order valence-corrected chi connectivity index (χ0v) is 13.1. The van der Waals surface area contributed by atoms with Crippen LogP contribution in [0.15, 0.2) is 0 Å². The molecular formula is C14H24N2O3S. The number of carboxylic acids is 1. The van der Waals surface area contributed by atoms with Crippen LogP contribution >= 0.6 is 11.8 Å². The van der Waals surface area contributed by atoms with Crippen LogP contribution in [0.2, 0.25) is 0 Å². The lowest BCUT2D eigenvalue weighted by Crippen LogP contribution is -2.55. The number of aliphatic carboxylic acids is 1. The van der Waals surface area contributed by atoms with E-state index in [-0.39, 0.29) is 35.2 Å². The minimum Gasteiger partial charge on any atom is -0.481 e. The second kappa shape index (κ2) is 5.93. The van der Waals surface area contributed by atoms with Crippen molar-refractivity contribution >= 4 is 23.6 Å². The monoisotopic (exact) mass is 300 g/mol. The molecule has 2 rings (SSSR count). The summed E-state index contributed by atoms with van der Waals surface area (Å²) < 4.78 is 0. The van der Waals surface area contributed by atoms with Crippen LogP contribution in [0.1, 0.15) is 33.6 Å². The van der Waals surface area contributed by atoms with E-state index in [1.54, 1.807) is 11.8 Å². The fourth-order valence-corrected chi connectivity index (χ4v) is 4.23. The van der Waals surface area contributed by atoms with E-state index < -0.39 is 5.97 Å². The van der Waals surface area contributed by atoms with E-state index in [0.717, 1.165) is 18.1 Å². The molecule has 1 aliphatic heterocycles. The summed E-state index contributed by atoms with van der Waals surface area (Å²) in [5, 5.41) is 15.6. The first-order valence-electron chi connectivity index (χ1n) is 7.18. The topological polar surface area (TPSA) is 78.4 Å². The van der Waals surface area contributed by atoms with Crippen LogP contribution in [0.4, 0.5) is 0 Å². The third-order valence-electron chi connectivity index (χ3n) is 5.10. The van der Waals surface area contributed by atoms with Crippen LogP contribution in [0.3, 0.4) is 0 Å². The van der Waals surface area contributed by atoms with Crippen LogP contribution in [0.25, 0.3) is 0 Å².